The highest BCUT2D eigenvalue weighted by Gasteiger charge is 2.24. The summed E-state index contributed by atoms with van der Waals surface area (Å²) >= 11 is 7.61. The van der Waals surface area contributed by atoms with Crippen molar-refractivity contribution in [1.29, 1.82) is 0 Å². The fourth-order valence-corrected chi connectivity index (χ4v) is 4.84. The predicted octanol–water partition coefficient (Wildman–Crippen LogP) is 3.37. The van der Waals surface area contributed by atoms with Crippen molar-refractivity contribution in [3.8, 4) is 10.6 Å². The van der Waals surface area contributed by atoms with Gasteiger partial charge in [0.05, 0.1) is 16.1 Å². The molecule has 2 aliphatic rings. The van der Waals surface area contributed by atoms with E-state index in [0.29, 0.717) is 30.4 Å². The van der Waals surface area contributed by atoms with E-state index in [-0.39, 0.29) is 17.1 Å². The summed E-state index contributed by atoms with van der Waals surface area (Å²) in [5.41, 5.74) is 0.803. The summed E-state index contributed by atoms with van der Waals surface area (Å²) in [7, 11) is 0. The minimum Gasteiger partial charge on any atom is -0.365 e. The van der Waals surface area contributed by atoms with Gasteiger partial charge in [-0.05, 0) is 12.1 Å². The zero-order valence-electron chi connectivity index (χ0n) is 16.5. The second-order valence-corrected chi connectivity index (χ2v) is 8.73. The van der Waals surface area contributed by atoms with Gasteiger partial charge in [0.15, 0.2) is 16.8 Å². The van der Waals surface area contributed by atoms with Gasteiger partial charge in [-0.3, -0.25) is 0 Å². The average Bonchev–Trinajstić information content (AvgIpc) is 3.30. The monoisotopic (exact) mass is 463 g/mol. The normalized spacial score (nSPS) is 16.2. The van der Waals surface area contributed by atoms with Crippen molar-refractivity contribution in [2.45, 2.75) is 6.54 Å². The lowest BCUT2D eigenvalue weighted by molar-refractivity contribution is 0.580. The molecule has 4 heterocycles. The minimum absolute atomic E-state index is 0.101. The molecule has 162 valence electrons. The van der Waals surface area contributed by atoms with Crippen molar-refractivity contribution in [2.24, 2.45) is 0 Å². The molecule has 31 heavy (non-hydrogen) atoms. The van der Waals surface area contributed by atoms with Gasteiger partial charge in [0, 0.05) is 57.6 Å². The highest BCUT2D eigenvalue weighted by molar-refractivity contribution is 7.18. The summed E-state index contributed by atoms with van der Waals surface area (Å²) in [5, 5.41) is 7.30. The molecule has 7 nitrogen and oxygen atoms in total. The predicted molar refractivity (Wildman–Crippen MR) is 119 cm³/mol. The smallest absolute Gasteiger partial charge is 0.185 e. The van der Waals surface area contributed by atoms with Crippen LogP contribution in [0.2, 0.25) is 5.02 Å². The van der Waals surface area contributed by atoms with Crippen LogP contribution < -0.4 is 20.4 Å². The average molecular weight is 464 g/mol. The molecule has 11 heteroatoms. The molecule has 0 spiro atoms. The maximum atomic E-state index is 14.3. The van der Waals surface area contributed by atoms with Crippen molar-refractivity contribution in [1.82, 2.24) is 20.3 Å². The number of nitrogens with zero attached hydrogens (tertiary/aromatic N) is 5. The third-order valence-corrected chi connectivity index (χ3v) is 6.84. The first-order valence-electron chi connectivity index (χ1n) is 10.0. The standard InChI is InChI=1S/C20H20ClF2N7S/c21-17-12(13(22)1-2-14(17)23)11-30-8-5-25-18-19(30)28-15(9-26-18)16-10-27-20(31-16)29-6-3-24-4-7-29/h1-2,9-10,24H,3-8,11H2,(H,25,26). The second-order valence-electron chi connectivity index (χ2n) is 7.34. The Balaban J connectivity index is 1.44. The molecule has 1 saturated heterocycles. The fraction of sp³-hybridized carbons (Fsp3) is 0.350. The van der Waals surface area contributed by atoms with Crippen LogP contribution in [0.25, 0.3) is 10.6 Å². The SMILES string of the molecule is Fc1ccc(F)c(CN2CCNc3ncc(-c4cnc(N5CCNCC5)s4)nc32)c1Cl. The number of thiazole rings is 1. The Hall–Kier alpha value is -2.56. The zero-order chi connectivity index (χ0) is 21.4. The minimum atomic E-state index is -0.640. The molecule has 0 amide bonds. The van der Waals surface area contributed by atoms with Crippen LogP contribution in [0.15, 0.2) is 24.5 Å². The van der Waals surface area contributed by atoms with Gasteiger partial charge >= 0.3 is 0 Å². The molecule has 0 aliphatic carbocycles. The van der Waals surface area contributed by atoms with E-state index in [4.69, 9.17) is 16.6 Å². The zero-order valence-corrected chi connectivity index (χ0v) is 18.1. The number of hydrogen-bond donors (Lipinski definition) is 2. The molecule has 2 aliphatic heterocycles. The summed E-state index contributed by atoms with van der Waals surface area (Å²) < 4.78 is 28.2. The third-order valence-electron chi connectivity index (χ3n) is 5.35. The first-order chi connectivity index (χ1) is 15.1. The van der Waals surface area contributed by atoms with Crippen molar-refractivity contribution >= 4 is 39.7 Å². The van der Waals surface area contributed by atoms with Crippen LogP contribution in [0, 0.1) is 11.6 Å². The van der Waals surface area contributed by atoms with Gasteiger partial charge in [-0.1, -0.05) is 22.9 Å². The van der Waals surface area contributed by atoms with Gasteiger partial charge in [-0.2, -0.15) is 0 Å². The van der Waals surface area contributed by atoms with Crippen molar-refractivity contribution in [3.63, 3.8) is 0 Å². The highest BCUT2D eigenvalue weighted by atomic mass is 35.5. The van der Waals surface area contributed by atoms with Gasteiger partial charge in [0.25, 0.3) is 0 Å². The van der Waals surface area contributed by atoms with Crippen molar-refractivity contribution in [3.05, 3.63) is 46.7 Å². The van der Waals surface area contributed by atoms with Gasteiger partial charge in [-0.25, -0.2) is 23.7 Å². The fourth-order valence-electron chi connectivity index (χ4n) is 3.70. The number of piperazine rings is 1. The maximum Gasteiger partial charge on any atom is 0.185 e. The maximum absolute atomic E-state index is 14.3. The van der Waals surface area contributed by atoms with Gasteiger partial charge < -0.3 is 20.4 Å². The number of nitrogens with one attached hydrogen (secondary N) is 2. The summed E-state index contributed by atoms with van der Waals surface area (Å²) in [5.74, 6) is 0.00690. The van der Waals surface area contributed by atoms with Gasteiger partial charge in [0.2, 0.25) is 0 Å². The Kier molecular flexibility index (Phi) is 5.59. The molecule has 2 aromatic heterocycles. The molecule has 5 rings (SSSR count). The first-order valence-corrected chi connectivity index (χ1v) is 11.2. The molecular formula is C20H20ClF2N7S. The topological polar surface area (TPSA) is 69.2 Å². The molecule has 0 saturated carbocycles. The van der Waals surface area contributed by atoms with Crippen LogP contribution in [-0.2, 0) is 6.54 Å². The Morgan fingerprint density at radius 1 is 1.03 bits per heavy atom. The molecule has 0 unspecified atom stereocenters. The Labute approximate surface area is 187 Å². The van der Waals surface area contributed by atoms with Crippen LogP contribution >= 0.6 is 22.9 Å². The lowest BCUT2D eigenvalue weighted by atomic mass is 10.1. The summed E-state index contributed by atoms with van der Waals surface area (Å²) in [6.07, 6.45) is 3.52. The molecule has 0 bridgehead atoms. The molecule has 1 aromatic carbocycles. The van der Waals surface area contributed by atoms with E-state index >= 15 is 0 Å². The third kappa shape index (κ3) is 4.02. The van der Waals surface area contributed by atoms with Crippen molar-refractivity contribution < 1.29 is 8.78 Å². The van der Waals surface area contributed by atoms with Crippen molar-refractivity contribution in [2.75, 3.05) is 54.4 Å². The second kappa shape index (κ2) is 8.52. The molecule has 0 atom stereocenters. The molecular weight excluding hydrogens is 444 g/mol. The number of rotatable bonds is 4. The van der Waals surface area contributed by atoms with E-state index in [2.05, 4.69) is 25.5 Å². The van der Waals surface area contributed by atoms with Gasteiger partial charge in [0.1, 0.15) is 17.3 Å². The van der Waals surface area contributed by atoms with Gasteiger partial charge in [-0.15, -0.1) is 0 Å². The Bertz CT molecular complexity index is 1100. The largest absolute Gasteiger partial charge is 0.365 e. The molecule has 0 radical (unpaired) electrons. The molecule has 2 N–H and O–H groups in total. The first kappa shape index (κ1) is 20.3. The van der Waals surface area contributed by atoms with E-state index in [1.165, 1.54) is 0 Å². The lowest BCUT2D eigenvalue weighted by Crippen LogP contribution is -2.43. The highest BCUT2D eigenvalue weighted by Crippen LogP contribution is 2.35. The van der Waals surface area contributed by atoms with E-state index in [1.54, 1.807) is 17.5 Å². The summed E-state index contributed by atoms with van der Waals surface area (Å²) in [6.45, 7) is 4.99. The summed E-state index contributed by atoms with van der Waals surface area (Å²) in [6, 6.07) is 2.13. The van der Waals surface area contributed by atoms with Crippen LogP contribution in [0.4, 0.5) is 25.5 Å². The quantitative estimate of drug-likeness (QED) is 0.575. The number of anilines is 3. The van der Waals surface area contributed by atoms with Crippen LogP contribution in [0.5, 0.6) is 0 Å². The van der Waals surface area contributed by atoms with Crippen LogP contribution in [0.3, 0.4) is 0 Å². The number of hydrogen-bond acceptors (Lipinski definition) is 8. The number of halogens is 3. The Morgan fingerprint density at radius 2 is 1.84 bits per heavy atom. The molecule has 1 fully saturated rings. The number of benzene rings is 1. The Morgan fingerprint density at radius 3 is 2.68 bits per heavy atom. The van der Waals surface area contributed by atoms with Crippen LogP contribution in [0.1, 0.15) is 5.56 Å². The summed E-state index contributed by atoms with van der Waals surface area (Å²) in [4.78, 5) is 18.9. The number of aromatic nitrogens is 3. The number of fused-ring (bicyclic) bond motifs is 1. The van der Waals surface area contributed by atoms with Crippen LogP contribution in [-0.4, -0.2) is 54.2 Å². The van der Waals surface area contributed by atoms with E-state index in [9.17, 15) is 8.78 Å². The molecule has 3 aromatic rings. The van der Waals surface area contributed by atoms with E-state index in [1.807, 2.05) is 11.1 Å². The lowest BCUT2D eigenvalue weighted by Gasteiger charge is -2.30. The van der Waals surface area contributed by atoms with E-state index in [0.717, 1.165) is 48.3 Å². The van der Waals surface area contributed by atoms with E-state index < -0.39 is 11.6 Å².